The minimum Gasteiger partial charge on any atom is -0.389 e. The third-order valence-corrected chi connectivity index (χ3v) is 2.88. The molecule has 0 spiro atoms. The second-order valence-corrected chi connectivity index (χ2v) is 4.55. The summed E-state index contributed by atoms with van der Waals surface area (Å²) in [5, 5.41) is 9.96. The predicted molar refractivity (Wildman–Crippen MR) is 55.8 cm³/mol. The minimum absolute atomic E-state index is 0.488. The zero-order chi connectivity index (χ0) is 9.90. The minimum atomic E-state index is -0.488. The van der Waals surface area contributed by atoms with Crippen LogP contribution < -0.4 is 0 Å². The van der Waals surface area contributed by atoms with Crippen LogP contribution in [-0.4, -0.2) is 34.7 Å². The summed E-state index contributed by atoms with van der Waals surface area (Å²) in [6.45, 7) is 8.19. The van der Waals surface area contributed by atoms with Crippen LogP contribution in [0.25, 0.3) is 0 Å². The van der Waals surface area contributed by atoms with Crippen molar-refractivity contribution in [1.82, 2.24) is 4.90 Å². The Bertz CT molecular complexity index is 152. The molecule has 1 unspecified atom stereocenters. The van der Waals surface area contributed by atoms with Gasteiger partial charge >= 0.3 is 0 Å². The molecule has 0 heterocycles. The topological polar surface area (TPSA) is 23.5 Å². The first-order chi connectivity index (χ1) is 6.09. The van der Waals surface area contributed by atoms with Crippen LogP contribution in [0.3, 0.4) is 0 Å². The van der Waals surface area contributed by atoms with Crippen LogP contribution in [-0.2, 0) is 0 Å². The van der Waals surface area contributed by atoms with Crippen LogP contribution in [0, 0.1) is 0 Å². The molecule has 2 nitrogen and oxygen atoms in total. The zero-order valence-corrected chi connectivity index (χ0v) is 9.21. The molecule has 1 saturated carbocycles. The van der Waals surface area contributed by atoms with Gasteiger partial charge in [0.1, 0.15) is 0 Å². The standard InChI is InChI=1S/C11H23NO/c1-4-8-12(10-6-7-10)9-11(3,13)5-2/h10,13H,4-9H2,1-3H3. The van der Waals surface area contributed by atoms with E-state index in [4.69, 9.17) is 0 Å². The van der Waals surface area contributed by atoms with E-state index in [0.29, 0.717) is 0 Å². The second-order valence-electron chi connectivity index (χ2n) is 4.55. The molecule has 1 rings (SSSR count). The maximum atomic E-state index is 9.96. The number of hydrogen-bond donors (Lipinski definition) is 1. The lowest BCUT2D eigenvalue weighted by atomic mass is 10.0. The number of hydrogen-bond acceptors (Lipinski definition) is 2. The molecule has 2 heteroatoms. The number of rotatable bonds is 6. The Hall–Kier alpha value is -0.0800. The summed E-state index contributed by atoms with van der Waals surface area (Å²) < 4.78 is 0. The molecular weight excluding hydrogens is 162 g/mol. The molecule has 0 aromatic heterocycles. The number of nitrogens with zero attached hydrogens (tertiary/aromatic N) is 1. The summed E-state index contributed by atoms with van der Waals surface area (Å²) in [5.74, 6) is 0. The summed E-state index contributed by atoms with van der Waals surface area (Å²) >= 11 is 0. The highest BCUT2D eigenvalue weighted by Crippen LogP contribution is 2.28. The van der Waals surface area contributed by atoms with Gasteiger partial charge in [-0.25, -0.2) is 0 Å². The van der Waals surface area contributed by atoms with Crippen LogP contribution >= 0.6 is 0 Å². The van der Waals surface area contributed by atoms with E-state index in [1.54, 1.807) is 0 Å². The van der Waals surface area contributed by atoms with Gasteiger partial charge in [0.2, 0.25) is 0 Å². The molecule has 1 atom stereocenters. The van der Waals surface area contributed by atoms with Gasteiger partial charge in [-0.1, -0.05) is 13.8 Å². The van der Waals surface area contributed by atoms with E-state index in [1.165, 1.54) is 19.3 Å². The highest BCUT2D eigenvalue weighted by molar-refractivity contribution is 4.88. The summed E-state index contributed by atoms with van der Waals surface area (Å²) in [6, 6.07) is 0.776. The summed E-state index contributed by atoms with van der Waals surface area (Å²) in [5.41, 5.74) is -0.488. The van der Waals surface area contributed by atoms with E-state index in [0.717, 1.165) is 25.6 Å². The van der Waals surface area contributed by atoms with Crippen LogP contribution in [0.1, 0.15) is 46.5 Å². The van der Waals surface area contributed by atoms with Crippen molar-refractivity contribution >= 4 is 0 Å². The zero-order valence-electron chi connectivity index (χ0n) is 9.21. The maximum absolute atomic E-state index is 9.96. The van der Waals surface area contributed by atoms with Crippen molar-refractivity contribution in [2.24, 2.45) is 0 Å². The lowest BCUT2D eigenvalue weighted by Gasteiger charge is -2.30. The van der Waals surface area contributed by atoms with Gasteiger partial charge in [0.15, 0.2) is 0 Å². The van der Waals surface area contributed by atoms with Gasteiger partial charge < -0.3 is 5.11 Å². The molecule has 0 bridgehead atoms. The van der Waals surface area contributed by atoms with Gasteiger partial charge in [-0.3, -0.25) is 4.90 Å². The molecule has 1 N–H and O–H groups in total. The molecule has 1 fully saturated rings. The van der Waals surface area contributed by atoms with Crippen molar-refractivity contribution in [3.63, 3.8) is 0 Å². The molecule has 1 aliphatic carbocycles. The normalized spacial score (nSPS) is 21.9. The van der Waals surface area contributed by atoms with E-state index in [1.807, 2.05) is 6.92 Å². The Kier molecular flexibility index (Phi) is 3.74. The molecule has 1 aliphatic rings. The summed E-state index contributed by atoms with van der Waals surface area (Å²) in [6.07, 6.45) is 4.70. The fraction of sp³-hybridized carbons (Fsp3) is 1.00. The van der Waals surface area contributed by atoms with Gasteiger partial charge in [0.05, 0.1) is 5.60 Å². The van der Waals surface area contributed by atoms with Gasteiger partial charge in [-0.15, -0.1) is 0 Å². The lowest BCUT2D eigenvalue weighted by molar-refractivity contribution is 0.0138. The second kappa shape index (κ2) is 4.43. The Morgan fingerprint density at radius 3 is 2.38 bits per heavy atom. The average Bonchev–Trinajstić information content (AvgIpc) is 2.86. The summed E-state index contributed by atoms with van der Waals surface area (Å²) in [4.78, 5) is 2.45. The first kappa shape index (κ1) is 11.0. The van der Waals surface area contributed by atoms with E-state index < -0.39 is 5.60 Å². The van der Waals surface area contributed by atoms with Crippen molar-refractivity contribution in [2.75, 3.05) is 13.1 Å². The van der Waals surface area contributed by atoms with Crippen LogP contribution in [0.4, 0.5) is 0 Å². The van der Waals surface area contributed by atoms with Gasteiger partial charge in [-0.05, 0) is 39.2 Å². The predicted octanol–water partition coefficient (Wildman–Crippen LogP) is 2.02. The van der Waals surface area contributed by atoms with Crippen LogP contribution in [0.15, 0.2) is 0 Å². The highest BCUT2D eigenvalue weighted by atomic mass is 16.3. The van der Waals surface area contributed by atoms with E-state index in [2.05, 4.69) is 18.7 Å². The van der Waals surface area contributed by atoms with E-state index in [-0.39, 0.29) is 0 Å². The van der Waals surface area contributed by atoms with Crippen molar-refractivity contribution in [3.8, 4) is 0 Å². The van der Waals surface area contributed by atoms with Gasteiger partial charge in [-0.2, -0.15) is 0 Å². The molecular formula is C11H23NO. The van der Waals surface area contributed by atoms with Crippen molar-refractivity contribution in [2.45, 2.75) is 58.1 Å². The van der Waals surface area contributed by atoms with Gasteiger partial charge in [0, 0.05) is 12.6 Å². The Balaban J connectivity index is 2.36. The molecule has 13 heavy (non-hydrogen) atoms. The quantitative estimate of drug-likeness (QED) is 0.684. The Morgan fingerprint density at radius 1 is 1.38 bits per heavy atom. The van der Waals surface area contributed by atoms with Crippen LogP contribution in [0.5, 0.6) is 0 Å². The number of aliphatic hydroxyl groups is 1. The van der Waals surface area contributed by atoms with Gasteiger partial charge in [0.25, 0.3) is 0 Å². The molecule has 0 aliphatic heterocycles. The fourth-order valence-electron chi connectivity index (χ4n) is 1.67. The molecule has 0 saturated heterocycles. The van der Waals surface area contributed by atoms with Crippen LogP contribution in [0.2, 0.25) is 0 Å². The first-order valence-corrected chi connectivity index (χ1v) is 5.55. The van der Waals surface area contributed by atoms with Crippen molar-refractivity contribution in [1.29, 1.82) is 0 Å². The van der Waals surface area contributed by atoms with Crippen molar-refractivity contribution < 1.29 is 5.11 Å². The fourth-order valence-corrected chi connectivity index (χ4v) is 1.67. The van der Waals surface area contributed by atoms with E-state index >= 15 is 0 Å². The molecule has 0 aromatic carbocycles. The van der Waals surface area contributed by atoms with Crippen molar-refractivity contribution in [3.05, 3.63) is 0 Å². The Labute approximate surface area is 81.9 Å². The smallest absolute Gasteiger partial charge is 0.0743 e. The van der Waals surface area contributed by atoms with E-state index in [9.17, 15) is 5.11 Å². The largest absolute Gasteiger partial charge is 0.389 e. The SMILES string of the molecule is CCCN(CC(C)(O)CC)C1CC1. The lowest BCUT2D eigenvalue weighted by Crippen LogP contribution is -2.41. The molecule has 78 valence electrons. The molecule has 0 radical (unpaired) electrons. The average molecular weight is 185 g/mol. The molecule has 0 amide bonds. The maximum Gasteiger partial charge on any atom is 0.0743 e. The molecule has 0 aromatic rings. The monoisotopic (exact) mass is 185 g/mol. The third kappa shape index (κ3) is 3.65. The summed E-state index contributed by atoms with van der Waals surface area (Å²) in [7, 11) is 0. The first-order valence-electron chi connectivity index (χ1n) is 5.55. The Morgan fingerprint density at radius 2 is 2.00 bits per heavy atom. The third-order valence-electron chi connectivity index (χ3n) is 2.88. The highest BCUT2D eigenvalue weighted by Gasteiger charge is 2.32.